The van der Waals surface area contributed by atoms with Crippen molar-refractivity contribution in [1.29, 1.82) is 0 Å². The summed E-state index contributed by atoms with van der Waals surface area (Å²) in [6, 6.07) is 14.7. The highest BCUT2D eigenvalue weighted by molar-refractivity contribution is 6.08. The fraction of sp³-hybridized carbons (Fsp3) is 0.235. The second kappa shape index (κ2) is 5.00. The van der Waals surface area contributed by atoms with E-state index in [2.05, 4.69) is 13.0 Å². The highest BCUT2D eigenvalue weighted by Crippen LogP contribution is 2.36. The monoisotopic (exact) mass is 267 g/mol. The van der Waals surface area contributed by atoms with Crippen LogP contribution in [0.5, 0.6) is 5.75 Å². The number of para-hydroxylation sites is 2. The van der Waals surface area contributed by atoms with Crippen LogP contribution < -0.4 is 4.90 Å². The fourth-order valence-electron chi connectivity index (χ4n) is 2.76. The Labute approximate surface area is 118 Å². The van der Waals surface area contributed by atoms with Crippen LogP contribution in [0.25, 0.3) is 0 Å². The lowest BCUT2D eigenvalue weighted by Gasteiger charge is -2.33. The molecule has 3 nitrogen and oxygen atoms in total. The largest absolute Gasteiger partial charge is 0.507 e. The first-order chi connectivity index (χ1) is 9.68. The Morgan fingerprint density at radius 1 is 1.15 bits per heavy atom. The molecule has 102 valence electrons. The SMILES string of the molecule is CC1CCN(C(=O)c2ccccc2O)c2ccccc21. The smallest absolute Gasteiger partial charge is 0.262 e. The molecule has 1 atom stereocenters. The Morgan fingerprint density at radius 2 is 1.85 bits per heavy atom. The number of carbonyl (C=O) groups is 1. The number of hydrogen-bond donors (Lipinski definition) is 1. The quantitative estimate of drug-likeness (QED) is 0.858. The second-order valence-corrected chi connectivity index (χ2v) is 5.22. The number of nitrogens with zero attached hydrogens (tertiary/aromatic N) is 1. The van der Waals surface area contributed by atoms with E-state index in [4.69, 9.17) is 0 Å². The van der Waals surface area contributed by atoms with Gasteiger partial charge in [0, 0.05) is 12.2 Å². The first-order valence-corrected chi connectivity index (χ1v) is 6.87. The number of anilines is 1. The molecular weight excluding hydrogens is 250 g/mol. The van der Waals surface area contributed by atoms with E-state index in [-0.39, 0.29) is 11.7 Å². The van der Waals surface area contributed by atoms with E-state index < -0.39 is 0 Å². The van der Waals surface area contributed by atoms with E-state index in [1.807, 2.05) is 18.2 Å². The zero-order valence-corrected chi connectivity index (χ0v) is 11.4. The molecule has 0 saturated carbocycles. The van der Waals surface area contributed by atoms with E-state index in [1.54, 1.807) is 29.2 Å². The van der Waals surface area contributed by atoms with Gasteiger partial charge in [-0.1, -0.05) is 37.3 Å². The molecule has 2 aromatic carbocycles. The topological polar surface area (TPSA) is 40.5 Å². The number of phenols is 1. The van der Waals surface area contributed by atoms with Crippen LogP contribution in [0.15, 0.2) is 48.5 Å². The van der Waals surface area contributed by atoms with Crippen molar-refractivity contribution in [1.82, 2.24) is 0 Å². The van der Waals surface area contributed by atoms with Crippen molar-refractivity contribution in [3.8, 4) is 5.75 Å². The van der Waals surface area contributed by atoms with Crippen LogP contribution in [0.1, 0.15) is 35.2 Å². The maximum absolute atomic E-state index is 12.7. The average molecular weight is 267 g/mol. The molecule has 0 saturated heterocycles. The van der Waals surface area contributed by atoms with Gasteiger partial charge in [-0.2, -0.15) is 0 Å². The minimum atomic E-state index is -0.137. The van der Waals surface area contributed by atoms with Crippen molar-refractivity contribution in [2.75, 3.05) is 11.4 Å². The molecule has 0 fully saturated rings. The average Bonchev–Trinajstić information content (AvgIpc) is 2.48. The molecule has 3 rings (SSSR count). The molecule has 1 unspecified atom stereocenters. The second-order valence-electron chi connectivity index (χ2n) is 5.22. The number of amides is 1. The Hall–Kier alpha value is -2.29. The summed E-state index contributed by atoms with van der Waals surface area (Å²) in [5, 5.41) is 9.86. The van der Waals surface area contributed by atoms with Gasteiger partial charge >= 0.3 is 0 Å². The molecule has 1 N–H and O–H groups in total. The van der Waals surface area contributed by atoms with Crippen molar-refractivity contribution in [2.45, 2.75) is 19.3 Å². The van der Waals surface area contributed by atoms with Crippen molar-refractivity contribution in [3.63, 3.8) is 0 Å². The van der Waals surface area contributed by atoms with Gasteiger partial charge in [0.15, 0.2) is 0 Å². The maximum Gasteiger partial charge on any atom is 0.262 e. The molecule has 1 aliphatic heterocycles. The number of rotatable bonds is 1. The Morgan fingerprint density at radius 3 is 2.65 bits per heavy atom. The zero-order chi connectivity index (χ0) is 14.1. The molecule has 0 aromatic heterocycles. The zero-order valence-electron chi connectivity index (χ0n) is 11.4. The number of aromatic hydroxyl groups is 1. The van der Waals surface area contributed by atoms with E-state index in [9.17, 15) is 9.90 Å². The van der Waals surface area contributed by atoms with Gasteiger partial charge in [0.05, 0.1) is 5.56 Å². The number of carbonyl (C=O) groups excluding carboxylic acids is 1. The fourth-order valence-corrected chi connectivity index (χ4v) is 2.76. The van der Waals surface area contributed by atoms with Crippen molar-refractivity contribution in [3.05, 3.63) is 59.7 Å². The summed E-state index contributed by atoms with van der Waals surface area (Å²) in [4.78, 5) is 14.4. The summed E-state index contributed by atoms with van der Waals surface area (Å²) >= 11 is 0. The molecule has 0 aliphatic carbocycles. The van der Waals surface area contributed by atoms with Crippen LogP contribution in [-0.2, 0) is 0 Å². The first-order valence-electron chi connectivity index (χ1n) is 6.87. The van der Waals surface area contributed by atoms with E-state index in [1.165, 1.54) is 5.56 Å². The molecule has 3 heteroatoms. The van der Waals surface area contributed by atoms with Crippen LogP contribution in [-0.4, -0.2) is 17.6 Å². The van der Waals surface area contributed by atoms with Gasteiger partial charge in [-0.3, -0.25) is 4.79 Å². The van der Waals surface area contributed by atoms with Gasteiger partial charge in [0.25, 0.3) is 5.91 Å². The first kappa shape index (κ1) is 12.7. The van der Waals surface area contributed by atoms with E-state index >= 15 is 0 Å². The summed E-state index contributed by atoms with van der Waals surface area (Å²) in [7, 11) is 0. The third-order valence-corrected chi connectivity index (χ3v) is 3.92. The molecule has 0 spiro atoms. The lowest BCUT2D eigenvalue weighted by Crippen LogP contribution is -2.36. The summed E-state index contributed by atoms with van der Waals surface area (Å²) in [6.45, 7) is 2.87. The Kier molecular flexibility index (Phi) is 3.18. The van der Waals surface area contributed by atoms with Crippen LogP contribution in [0, 0.1) is 0 Å². The molecule has 1 aliphatic rings. The van der Waals surface area contributed by atoms with Crippen LogP contribution in [0.2, 0.25) is 0 Å². The number of hydrogen-bond acceptors (Lipinski definition) is 2. The van der Waals surface area contributed by atoms with Gasteiger partial charge in [0.2, 0.25) is 0 Å². The minimum Gasteiger partial charge on any atom is -0.507 e. The third-order valence-electron chi connectivity index (χ3n) is 3.92. The molecule has 1 heterocycles. The Bertz CT molecular complexity index is 651. The molecule has 20 heavy (non-hydrogen) atoms. The normalized spacial score (nSPS) is 17.6. The predicted octanol–water partition coefficient (Wildman–Crippen LogP) is 3.55. The Balaban J connectivity index is 2.02. The number of fused-ring (bicyclic) bond motifs is 1. The van der Waals surface area contributed by atoms with Gasteiger partial charge in [-0.15, -0.1) is 0 Å². The standard InChI is InChI=1S/C17H17NO2/c1-12-10-11-18(15-8-4-2-6-13(12)15)17(20)14-7-3-5-9-16(14)19/h2-9,12,19H,10-11H2,1H3. The number of benzene rings is 2. The summed E-state index contributed by atoms with van der Waals surface area (Å²) < 4.78 is 0. The van der Waals surface area contributed by atoms with Crippen LogP contribution in [0.3, 0.4) is 0 Å². The summed E-state index contributed by atoms with van der Waals surface area (Å²) in [6.07, 6.45) is 0.941. The lowest BCUT2D eigenvalue weighted by molar-refractivity contribution is 0.0982. The highest BCUT2D eigenvalue weighted by atomic mass is 16.3. The highest BCUT2D eigenvalue weighted by Gasteiger charge is 2.27. The van der Waals surface area contributed by atoms with Crippen molar-refractivity contribution < 1.29 is 9.90 Å². The van der Waals surface area contributed by atoms with E-state index in [0.717, 1.165) is 12.1 Å². The summed E-state index contributed by atoms with van der Waals surface area (Å²) in [5.74, 6) is 0.357. The molecule has 1 amide bonds. The third kappa shape index (κ3) is 2.05. The van der Waals surface area contributed by atoms with Gasteiger partial charge in [-0.25, -0.2) is 0 Å². The maximum atomic E-state index is 12.7. The minimum absolute atomic E-state index is 0.0357. The molecule has 0 radical (unpaired) electrons. The van der Waals surface area contributed by atoms with Crippen molar-refractivity contribution >= 4 is 11.6 Å². The van der Waals surface area contributed by atoms with Crippen LogP contribution >= 0.6 is 0 Å². The lowest BCUT2D eigenvalue weighted by atomic mass is 9.91. The van der Waals surface area contributed by atoms with Gasteiger partial charge in [-0.05, 0) is 36.1 Å². The van der Waals surface area contributed by atoms with Gasteiger partial charge in [0.1, 0.15) is 5.75 Å². The van der Waals surface area contributed by atoms with E-state index in [0.29, 0.717) is 18.0 Å². The molecular formula is C17H17NO2. The molecule has 0 bridgehead atoms. The predicted molar refractivity (Wildman–Crippen MR) is 79.3 cm³/mol. The van der Waals surface area contributed by atoms with Gasteiger partial charge < -0.3 is 10.0 Å². The van der Waals surface area contributed by atoms with Crippen LogP contribution in [0.4, 0.5) is 5.69 Å². The van der Waals surface area contributed by atoms with Crippen molar-refractivity contribution in [2.24, 2.45) is 0 Å². The molecule has 2 aromatic rings. The number of phenolic OH excluding ortho intramolecular Hbond substituents is 1. The summed E-state index contributed by atoms with van der Waals surface area (Å²) in [5.41, 5.74) is 2.51.